The molecule has 0 spiro atoms. The van der Waals surface area contributed by atoms with Gasteiger partial charge in [-0.25, -0.2) is 0 Å². The Labute approximate surface area is 95.2 Å². The van der Waals surface area contributed by atoms with Crippen LogP contribution in [0.3, 0.4) is 0 Å². The predicted molar refractivity (Wildman–Crippen MR) is 52.1 cm³/mol. The summed E-state index contributed by atoms with van der Waals surface area (Å²) in [6.45, 7) is 1.63. The molecule has 1 aromatic carbocycles. The molecule has 0 aromatic heterocycles. The number of hydrogen-bond donors (Lipinski definition) is 0. The lowest BCUT2D eigenvalue weighted by Crippen LogP contribution is -2.27. The first-order chi connectivity index (χ1) is 7.81. The van der Waals surface area contributed by atoms with Crippen molar-refractivity contribution >= 4 is 5.97 Å². The number of rotatable bonds is 2. The van der Waals surface area contributed by atoms with Gasteiger partial charge in [-0.15, -0.1) is 13.2 Å². The SMILES string of the molecule is Cc1c(C2CCCC2C(=O)OC(F)(F)F)c1=O. The molecule has 2 atom stereocenters. The molecule has 6 heteroatoms. The van der Waals surface area contributed by atoms with Crippen molar-refractivity contribution in [2.24, 2.45) is 5.92 Å². The molecular formula is C11H11F3O3. The van der Waals surface area contributed by atoms with E-state index >= 15 is 0 Å². The van der Waals surface area contributed by atoms with Crippen LogP contribution in [0.5, 0.6) is 0 Å². The van der Waals surface area contributed by atoms with Crippen LogP contribution >= 0.6 is 0 Å². The number of ether oxygens (including phenoxy) is 1. The molecule has 1 fully saturated rings. The Balaban J connectivity index is 2.08. The summed E-state index contributed by atoms with van der Waals surface area (Å²) < 4.78 is 39.2. The van der Waals surface area contributed by atoms with Gasteiger partial charge in [0.25, 0.3) is 0 Å². The normalized spacial score (nSPS) is 25.4. The molecule has 1 aliphatic carbocycles. The van der Waals surface area contributed by atoms with Crippen LogP contribution in [-0.4, -0.2) is 12.3 Å². The molecule has 0 saturated heterocycles. The number of esters is 1. The molecule has 17 heavy (non-hydrogen) atoms. The Morgan fingerprint density at radius 2 is 1.94 bits per heavy atom. The van der Waals surface area contributed by atoms with Gasteiger partial charge in [0.1, 0.15) is 0 Å². The fourth-order valence-electron chi connectivity index (χ4n) is 2.50. The third-order valence-corrected chi connectivity index (χ3v) is 3.33. The van der Waals surface area contributed by atoms with Crippen molar-refractivity contribution in [1.29, 1.82) is 0 Å². The van der Waals surface area contributed by atoms with Crippen LogP contribution in [0.15, 0.2) is 4.79 Å². The van der Waals surface area contributed by atoms with Gasteiger partial charge < -0.3 is 4.74 Å². The monoisotopic (exact) mass is 248 g/mol. The lowest BCUT2D eigenvalue weighted by molar-refractivity contribution is -0.308. The Morgan fingerprint density at radius 1 is 1.35 bits per heavy atom. The number of hydrogen-bond acceptors (Lipinski definition) is 3. The highest BCUT2D eigenvalue weighted by Gasteiger charge is 2.44. The number of carbonyl (C=O) groups excluding carboxylic acids is 1. The van der Waals surface area contributed by atoms with Gasteiger partial charge in [0.05, 0.1) is 5.92 Å². The van der Waals surface area contributed by atoms with Gasteiger partial charge in [-0.3, -0.25) is 9.59 Å². The number of alkyl halides is 3. The van der Waals surface area contributed by atoms with Gasteiger partial charge in [-0.1, -0.05) is 6.42 Å². The van der Waals surface area contributed by atoms with E-state index in [0.717, 1.165) is 0 Å². The minimum Gasteiger partial charge on any atom is -0.373 e. The quantitative estimate of drug-likeness (QED) is 0.753. The summed E-state index contributed by atoms with van der Waals surface area (Å²) in [4.78, 5) is 22.6. The lowest BCUT2D eigenvalue weighted by Gasteiger charge is -2.16. The van der Waals surface area contributed by atoms with E-state index in [1.165, 1.54) is 0 Å². The smallest absolute Gasteiger partial charge is 0.373 e. The van der Waals surface area contributed by atoms with E-state index in [-0.39, 0.29) is 11.3 Å². The van der Waals surface area contributed by atoms with Gasteiger partial charge >= 0.3 is 12.3 Å². The van der Waals surface area contributed by atoms with Gasteiger partial charge in [0, 0.05) is 17.0 Å². The zero-order chi connectivity index (χ0) is 12.8. The van der Waals surface area contributed by atoms with Crippen molar-refractivity contribution in [3.63, 3.8) is 0 Å². The van der Waals surface area contributed by atoms with E-state index in [0.29, 0.717) is 30.4 Å². The summed E-state index contributed by atoms with van der Waals surface area (Å²) in [6, 6.07) is 0. The third kappa shape index (κ3) is 2.35. The zero-order valence-corrected chi connectivity index (χ0v) is 9.13. The fourth-order valence-corrected chi connectivity index (χ4v) is 2.50. The van der Waals surface area contributed by atoms with E-state index in [4.69, 9.17) is 0 Å². The second kappa shape index (κ2) is 3.85. The first-order valence-electron chi connectivity index (χ1n) is 5.36. The summed E-state index contributed by atoms with van der Waals surface area (Å²) in [5, 5.41) is 0. The maximum atomic E-state index is 11.9. The molecule has 2 unspecified atom stereocenters. The van der Waals surface area contributed by atoms with Crippen molar-refractivity contribution in [2.45, 2.75) is 38.5 Å². The van der Waals surface area contributed by atoms with Crippen molar-refractivity contribution in [1.82, 2.24) is 0 Å². The first kappa shape index (κ1) is 12.1. The van der Waals surface area contributed by atoms with Crippen LogP contribution in [0.4, 0.5) is 13.2 Å². The van der Waals surface area contributed by atoms with Gasteiger partial charge in [-0.2, -0.15) is 0 Å². The third-order valence-electron chi connectivity index (χ3n) is 3.33. The second-order valence-electron chi connectivity index (χ2n) is 4.38. The standard InChI is InChI=1S/C11H11F3O3/c1-5-8(9(5)15)6-3-2-4-7(6)10(16)17-11(12,13)14/h6-7H,2-4H2,1H3. The largest absolute Gasteiger partial charge is 0.575 e. The van der Waals surface area contributed by atoms with E-state index in [1.807, 2.05) is 0 Å². The molecule has 3 nitrogen and oxygen atoms in total. The Kier molecular flexibility index (Phi) is 2.75. The minimum absolute atomic E-state index is 0.110. The highest BCUT2D eigenvalue weighted by atomic mass is 19.4. The minimum atomic E-state index is -4.94. The number of halogens is 3. The molecule has 1 saturated carbocycles. The lowest BCUT2D eigenvalue weighted by atomic mass is 9.93. The van der Waals surface area contributed by atoms with Crippen molar-refractivity contribution in [2.75, 3.05) is 0 Å². The van der Waals surface area contributed by atoms with Crippen LogP contribution in [0.1, 0.15) is 36.3 Å². The van der Waals surface area contributed by atoms with Crippen LogP contribution < -0.4 is 5.43 Å². The molecule has 1 aromatic rings. The average molecular weight is 248 g/mol. The topological polar surface area (TPSA) is 43.4 Å². The fraction of sp³-hybridized carbons (Fsp3) is 0.636. The van der Waals surface area contributed by atoms with Crippen LogP contribution in [0.2, 0.25) is 0 Å². The van der Waals surface area contributed by atoms with E-state index in [1.54, 1.807) is 6.92 Å². The molecule has 0 amide bonds. The van der Waals surface area contributed by atoms with Gasteiger partial charge in [-0.05, 0) is 19.8 Å². The van der Waals surface area contributed by atoms with Crippen molar-refractivity contribution in [3.8, 4) is 0 Å². The summed E-state index contributed by atoms with van der Waals surface area (Å²) in [5.74, 6) is -2.47. The summed E-state index contributed by atoms with van der Waals surface area (Å²) >= 11 is 0. The Morgan fingerprint density at radius 3 is 2.41 bits per heavy atom. The molecular weight excluding hydrogens is 237 g/mol. The van der Waals surface area contributed by atoms with Crippen LogP contribution in [0.25, 0.3) is 0 Å². The van der Waals surface area contributed by atoms with Gasteiger partial charge in [0.15, 0.2) is 5.43 Å². The van der Waals surface area contributed by atoms with E-state index in [9.17, 15) is 22.8 Å². The van der Waals surface area contributed by atoms with E-state index < -0.39 is 18.2 Å². The molecule has 0 bridgehead atoms. The van der Waals surface area contributed by atoms with Crippen molar-refractivity contribution < 1.29 is 22.7 Å². The molecule has 0 aliphatic heterocycles. The molecule has 94 valence electrons. The molecule has 2 rings (SSSR count). The maximum Gasteiger partial charge on any atom is 0.575 e. The average Bonchev–Trinajstić information content (AvgIpc) is 2.66. The van der Waals surface area contributed by atoms with Crippen molar-refractivity contribution in [3.05, 3.63) is 21.4 Å². The molecule has 0 N–H and O–H groups in total. The highest BCUT2D eigenvalue weighted by molar-refractivity contribution is 5.75. The van der Waals surface area contributed by atoms with E-state index in [2.05, 4.69) is 4.74 Å². The molecule has 0 radical (unpaired) electrons. The Hall–Kier alpha value is -1.33. The summed E-state index contributed by atoms with van der Waals surface area (Å²) in [7, 11) is 0. The first-order valence-corrected chi connectivity index (χ1v) is 5.36. The highest BCUT2D eigenvalue weighted by Crippen LogP contribution is 2.42. The summed E-state index contributed by atoms with van der Waals surface area (Å²) in [6.07, 6.45) is -3.37. The van der Waals surface area contributed by atoms with Crippen LogP contribution in [-0.2, 0) is 9.53 Å². The molecule has 1 aliphatic rings. The second-order valence-corrected chi connectivity index (χ2v) is 4.38. The predicted octanol–water partition coefficient (Wildman–Crippen LogP) is 2.18. The van der Waals surface area contributed by atoms with Gasteiger partial charge in [0.2, 0.25) is 0 Å². The van der Waals surface area contributed by atoms with Crippen LogP contribution in [0, 0.1) is 12.8 Å². The zero-order valence-electron chi connectivity index (χ0n) is 9.13. The summed E-state index contributed by atoms with van der Waals surface area (Å²) in [5.41, 5.74) is 1.01. The molecule has 0 heterocycles. The number of carbonyl (C=O) groups is 1. The Bertz CT molecular complexity index is 454. The maximum absolute atomic E-state index is 11.9.